The molecule has 1 aromatic rings. The predicted octanol–water partition coefficient (Wildman–Crippen LogP) is 2.54. The summed E-state index contributed by atoms with van der Waals surface area (Å²) >= 11 is 6.31. The Morgan fingerprint density at radius 1 is 1.50 bits per heavy atom. The highest BCUT2D eigenvalue weighted by molar-refractivity contribution is 6.31. The maximum atomic E-state index is 6.31. The summed E-state index contributed by atoms with van der Waals surface area (Å²) in [5.41, 5.74) is 8.30. The van der Waals surface area contributed by atoms with E-state index in [-0.39, 0.29) is 0 Å². The van der Waals surface area contributed by atoms with Gasteiger partial charge in [0.05, 0.1) is 16.4 Å². The molecular formula is C12H20ClN3. The van der Waals surface area contributed by atoms with Crippen LogP contribution in [0.25, 0.3) is 0 Å². The normalized spacial score (nSPS) is 18.5. The average molecular weight is 242 g/mol. The van der Waals surface area contributed by atoms with Gasteiger partial charge in [-0.15, -0.1) is 0 Å². The van der Waals surface area contributed by atoms with Crippen LogP contribution in [0.15, 0.2) is 0 Å². The molecule has 4 heteroatoms. The molecule has 0 bridgehead atoms. The molecule has 0 unspecified atom stereocenters. The molecule has 1 aliphatic carbocycles. The van der Waals surface area contributed by atoms with Gasteiger partial charge < -0.3 is 5.73 Å². The fourth-order valence-corrected chi connectivity index (χ4v) is 2.73. The van der Waals surface area contributed by atoms with Crippen molar-refractivity contribution in [2.45, 2.75) is 46.1 Å². The lowest BCUT2D eigenvalue weighted by Crippen LogP contribution is -2.39. The van der Waals surface area contributed by atoms with Crippen LogP contribution in [0, 0.1) is 12.3 Å². The van der Waals surface area contributed by atoms with Crippen molar-refractivity contribution in [3.05, 3.63) is 16.4 Å². The van der Waals surface area contributed by atoms with Crippen LogP contribution >= 0.6 is 11.6 Å². The van der Waals surface area contributed by atoms with Gasteiger partial charge in [-0.1, -0.05) is 18.0 Å². The molecular weight excluding hydrogens is 222 g/mol. The van der Waals surface area contributed by atoms with Crippen LogP contribution in [0.5, 0.6) is 0 Å². The summed E-state index contributed by atoms with van der Waals surface area (Å²) in [4.78, 5) is 0. The fraction of sp³-hybridized carbons (Fsp3) is 0.750. The van der Waals surface area contributed by atoms with E-state index >= 15 is 0 Å². The van der Waals surface area contributed by atoms with Gasteiger partial charge >= 0.3 is 0 Å². The van der Waals surface area contributed by atoms with Gasteiger partial charge in [-0.3, -0.25) is 4.68 Å². The van der Waals surface area contributed by atoms with Gasteiger partial charge in [0, 0.05) is 6.54 Å². The van der Waals surface area contributed by atoms with E-state index in [0.717, 1.165) is 30.2 Å². The van der Waals surface area contributed by atoms with Gasteiger partial charge in [0.25, 0.3) is 0 Å². The Bertz CT molecular complexity index is 374. The summed E-state index contributed by atoms with van der Waals surface area (Å²) < 4.78 is 2.02. The number of nitrogens with two attached hydrogens (primary N) is 1. The van der Waals surface area contributed by atoms with Crippen molar-refractivity contribution in [3.8, 4) is 0 Å². The van der Waals surface area contributed by atoms with Gasteiger partial charge in [0.15, 0.2) is 0 Å². The molecule has 0 amide bonds. The third kappa shape index (κ3) is 1.87. The minimum absolute atomic E-state index is 0.295. The van der Waals surface area contributed by atoms with Gasteiger partial charge in [-0.2, -0.15) is 5.10 Å². The number of hydrogen-bond acceptors (Lipinski definition) is 2. The maximum absolute atomic E-state index is 6.31. The molecule has 0 spiro atoms. The molecule has 0 saturated heterocycles. The summed E-state index contributed by atoms with van der Waals surface area (Å²) in [7, 11) is 0. The second-order valence-electron chi connectivity index (χ2n) is 4.90. The number of aromatic nitrogens is 2. The van der Waals surface area contributed by atoms with Crippen LogP contribution in [0.4, 0.5) is 0 Å². The Morgan fingerprint density at radius 3 is 2.62 bits per heavy atom. The van der Waals surface area contributed by atoms with Crippen molar-refractivity contribution in [2.24, 2.45) is 11.1 Å². The Kier molecular flexibility index (Phi) is 3.27. The van der Waals surface area contributed by atoms with E-state index in [1.807, 2.05) is 11.6 Å². The largest absolute Gasteiger partial charge is 0.330 e. The van der Waals surface area contributed by atoms with E-state index in [1.165, 1.54) is 25.0 Å². The second-order valence-corrected chi connectivity index (χ2v) is 5.27. The first kappa shape index (κ1) is 11.9. The summed E-state index contributed by atoms with van der Waals surface area (Å²) in [5.74, 6) is 0. The minimum atomic E-state index is 0.295. The zero-order valence-electron chi connectivity index (χ0n) is 10.1. The van der Waals surface area contributed by atoms with E-state index in [4.69, 9.17) is 17.3 Å². The fourth-order valence-electron chi connectivity index (χ4n) is 2.52. The summed E-state index contributed by atoms with van der Waals surface area (Å²) in [6.07, 6.45) is 4.74. The van der Waals surface area contributed by atoms with Crippen molar-refractivity contribution < 1.29 is 0 Å². The molecule has 0 atom stereocenters. The zero-order valence-corrected chi connectivity index (χ0v) is 10.8. The lowest BCUT2D eigenvalue weighted by atomic mass is 9.66. The third-order valence-electron chi connectivity index (χ3n) is 3.84. The standard InChI is InChI=1S/C12H20ClN3/c1-3-16-10(11(13)9(2)15-16)7-12(8-14)5-4-6-12/h3-8,14H2,1-2H3. The Morgan fingerprint density at radius 2 is 2.19 bits per heavy atom. The molecule has 1 aliphatic rings. The summed E-state index contributed by atoms with van der Waals surface area (Å²) in [6.45, 7) is 5.71. The highest BCUT2D eigenvalue weighted by Crippen LogP contribution is 2.43. The number of hydrogen-bond donors (Lipinski definition) is 1. The number of halogens is 1. The molecule has 3 nitrogen and oxygen atoms in total. The predicted molar refractivity (Wildman–Crippen MR) is 66.7 cm³/mol. The SMILES string of the molecule is CCn1nc(C)c(Cl)c1CC1(CN)CCC1. The van der Waals surface area contributed by atoms with Gasteiger partial charge in [0.1, 0.15) is 0 Å². The molecule has 16 heavy (non-hydrogen) atoms. The first-order valence-electron chi connectivity index (χ1n) is 6.04. The summed E-state index contributed by atoms with van der Waals surface area (Å²) in [5, 5.41) is 5.28. The highest BCUT2D eigenvalue weighted by atomic mass is 35.5. The monoisotopic (exact) mass is 241 g/mol. The van der Waals surface area contributed by atoms with Crippen molar-refractivity contribution in [3.63, 3.8) is 0 Å². The molecule has 2 rings (SSSR count). The lowest BCUT2D eigenvalue weighted by molar-refractivity contribution is 0.141. The maximum Gasteiger partial charge on any atom is 0.0847 e. The van der Waals surface area contributed by atoms with E-state index < -0.39 is 0 Å². The van der Waals surface area contributed by atoms with Crippen LogP contribution in [0.3, 0.4) is 0 Å². The Balaban J connectivity index is 2.26. The van der Waals surface area contributed by atoms with Crippen molar-refractivity contribution in [1.29, 1.82) is 0 Å². The van der Waals surface area contributed by atoms with E-state index in [2.05, 4.69) is 12.0 Å². The molecule has 1 aromatic heterocycles. The van der Waals surface area contributed by atoms with Crippen LogP contribution < -0.4 is 5.73 Å². The average Bonchev–Trinajstić information content (AvgIpc) is 2.50. The third-order valence-corrected chi connectivity index (χ3v) is 4.33. The van der Waals surface area contributed by atoms with Crippen LogP contribution in [-0.4, -0.2) is 16.3 Å². The van der Waals surface area contributed by atoms with Crippen molar-refractivity contribution >= 4 is 11.6 Å². The van der Waals surface area contributed by atoms with Gasteiger partial charge in [0.2, 0.25) is 0 Å². The molecule has 1 heterocycles. The van der Waals surface area contributed by atoms with E-state index in [1.54, 1.807) is 0 Å². The minimum Gasteiger partial charge on any atom is -0.330 e. The molecule has 90 valence electrons. The van der Waals surface area contributed by atoms with E-state index in [0.29, 0.717) is 5.41 Å². The van der Waals surface area contributed by atoms with Gasteiger partial charge in [-0.05, 0) is 45.1 Å². The Labute approximate surface area is 102 Å². The molecule has 2 N–H and O–H groups in total. The highest BCUT2D eigenvalue weighted by Gasteiger charge is 2.37. The summed E-state index contributed by atoms with van der Waals surface area (Å²) in [6, 6.07) is 0. The zero-order chi connectivity index (χ0) is 11.8. The second kappa shape index (κ2) is 4.38. The molecule has 0 aromatic carbocycles. The number of aryl methyl sites for hydroxylation is 2. The molecule has 1 fully saturated rings. The first-order valence-corrected chi connectivity index (χ1v) is 6.41. The molecule has 0 radical (unpaired) electrons. The molecule has 0 aliphatic heterocycles. The topological polar surface area (TPSA) is 43.8 Å². The van der Waals surface area contributed by atoms with Crippen molar-refractivity contribution in [1.82, 2.24) is 9.78 Å². The van der Waals surface area contributed by atoms with Crippen LogP contribution in [0.2, 0.25) is 5.02 Å². The van der Waals surface area contributed by atoms with E-state index in [9.17, 15) is 0 Å². The van der Waals surface area contributed by atoms with Gasteiger partial charge in [-0.25, -0.2) is 0 Å². The smallest absolute Gasteiger partial charge is 0.0847 e. The molecule has 1 saturated carbocycles. The van der Waals surface area contributed by atoms with Crippen LogP contribution in [-0.2, 0) is 13.0 Å². The number of nitrogens with zero attached hydrogens (tertiary/aromatic N) is 2. The number of rotatable bonds is 4. The lowest BCUT2D eigenvalue weighted by Gasteiger charge is -2.41. The quantitative estimate of drug-likeness (QED) is 0.881. The van der Waals surface area contributed by atoms with Crippen molar-refractivity contribution in [2.75, 3.05) is 6.54 Å². The first-order chi connectivity index (χ1) is 7.62. The Hall–Kier alpha value is -0.540. The van der Waals surface area contributed by atoms with Crippen LogP contribution in [0.1, 0.15) is 37.6 Å².